The Balaban J connectivity index is 1.13. The molecule has 0 spiro atoms. The Kier molecular flexibility index (Phi) is 7.88. The molecule has 11 rings (SSSR count). The van der Waals surface area contributed by atoms with Crippen LogP contribution in [0.3, 0.4) is 0 Å². The number of rotatable bonds is 4. The minimum Gasteiger partial charge on any atom is -0.455 e. The first-order valence-electron chi connectivity index (χ1n) is 19.3. The van der Waals surface area contributed by atoms with Crippen LogP contribution < -0.4 is 27.3 Å². The lowest BCUT2D eigenvalue weighted by atomic mass is 9.59. The van der Waals surface area contributed by atoms with Gasteiger partial charge in [0, 0.05) is 16.3 Å². The summed E-state index contributed by atoms with van der Waals surface area (Å²) in [4.78, 5) is 0. The van der Waals surface area contributed by atoms with Gasteiger partial charge >= 0.3 is 0 Å². The lowest BCUT2D eigenvalue weighted by Gasteiger charge is -2.21. The normalized spacial score (nSPS) is 11.8. The molecule has 1 nitrogen and oxygen atoms in total. The first-order chi connectivity index (χ1) is 28.4. The molecular formula is C52H27B5O. The van der Waals surface area contributed by atoms with Crippen LogP contribution in [0.15, 0.2) is 168 Å². The summed E-state index contributed by atoms with van der Waals surface area (Å²) in [6.07, 6.45) is 0. The van der Waals surface area contributed by atoms with Gasteiger partial charge in [0.05, 0.1) is 0 Å². The summed E-state index contributed by atoms with van der Waals surface area (Å²) in [5.74, 6) is 0. The van der Waals surface area contributed by atoms with Crippen molar-refractivity contribution < 1.29 is 4.42 Å². The minimum absolute atomic E-state index is 0.179. The molecule has 0 bridgehead atoms. The van der Waals surface area contributed by atoms with E-state index >= 15 is 0 Å². The van der Waals surface area contributed by atoms with Crippen LogP contribution in [0.4, 0.5) is 0 Å². The van der Waals surface area contributed by atoms with Gasteiger partial charge in [-0.3, -0.25) is 0 Å². The van der Waals surface area contributed by atoms with Crippen molar-refractivity contribution in [1.29, 1.82) is 0 Å². The molecule has 0 saturated carbocycles. The quantitative estimate of drug-likeness (QED) is 0.101. The predicted molar refractivity (Wildman–Crippen MR) is 252 cm³/mol. The predicted octanol–water partition coefficient (Wildman–Crippen LogP) is 8.84. The highest BCUT2D eigenvalue weighted by Gasteiger charge is 2.21. The Bertz CT molecular complexity index is 3430. The van der Waals surface area contributed by atoms with E-state index in [4.69, 9.17) is 43.6 Å². The van der Waals surface area contributed by atoms with Crippen LogP contribution in [0.5, 0.6) is 0 Å². The van der Waals surface area contributed by atoms with Gasteiger partial charge in [-0.1, -0.05) is 150 Å². The fraction of sp³-hybridized carbons (Fsp3) is 0. The van der Waals surface area contributed by atoms with Crippen LogP contribution in [0.25, 0.3) is 110 Å². The van der Waals surface area contributed by atoms with Gasteiger partial charge in [-0.15, -0.1) is 16.4 Å². The molecule has 6 heteroatoms. The molecule has 0 atom stereocenters. The second-order valence-electron chi connectivity index (χ2n) is 15.1. The van der Waals surface area contributed by atoms with E-state index < -0.39 is 0 Å². The van der Waals surface area contributed by atoms with Crippen LogP contribution >= 0.6 is 0 Å². The molecule has 256 valence electrons. The summed E-state index contributed by atoms with van der Waals surface area (Å²) in [6.45, 7) is 0. The van der Waals surface area contributed by atoms with Crippen molar-refractivity contribution >= 4 is 132 Å². The maximum Gasteiger partial charge on any atom is 0.143 e. The average molecular weight is 722 g/mol. The Morgan fingerprint density at radius 3 is 1.50 bits per heavy atom. The van der Waals surface area contributed by atoms with Gasteiger partial charge < -0.3 is 4.42 Å². The first-order valence-corrected chi connectivity index (χ1v) is 19.3. The fourth-order valence-corrected chi connectivity index (χ4v) is 9.14. The van der Waals surface area contributed by atoms with Crippen LogP contribution in [0.2, 0.25) is 0 Å². The van der Waals surface area contributed by atoms with Crippen LogP contribution in [-0.2, 0) is 0 Å². The second-order valence-corrected chi connectivity index (χ2v) is 15.1. The van der Waals surface area contributed by atoms with E-state index in [1.807, 2.05) is 18.2 Å². The maximum atomic E-state index is 6.65. The molecule has 11 aromatic rings. The van der Waals surface area contributed by atoms with E-state index in [0.29, 0.717) is 16.7 Å². The highest BCUT2D eigenvalue weighted by atomic mass is 16.3. The maximum absolute atomic E-state index is 6.65. The molecule has 58 heavy (non-hydrogen) atoms. The summed E-state index contributed by atoms with van der Waals surface area (Å²) < 4.78 is 6.65. The monoisotopic (exact) mass is 722 g/mol. The Hall–Kier alpha value is -6.64. The minimum atomic E-state index is 0.179. The van der Waals surface area contributed by atoms with Gasteiger partial charge in [-0.25, -0.2) is 0 Å². The Morgan fingerprint density at radius 1 is 0.293 bits per heavy atom. The SMILES string of the molecule is [B]c1c([B])c([B])c(-c2cccc3c2oc2cc(-c4ccc5c(-c6c7ccccc7c(-c7ccccc7)c7ccccc67)cc6ccccc6c5c4)ccc23)c([B])c1[B]. The van der Waals surface area contributed by atoms with E-state index in [-0.39, 0.29) is 27.3 Å². The molecule has 0 N–H and O–H groups in total. The lowest BCUT2D eigenvalue weighted by molar-refractivity contribution is 0.670. The number of hydrogen-bond donors (Lipinski definition) is 0. The third-order valence-electron chi connectivity index (χ3n) is 11.9. The molecule has 10 aromatic carbocycles. The number of furan rings is 1. The third-order valence-corrected chi connectivity index (χ3v) is 11.9. The van der Waals surface area contributed by atoms with Crippen LogP contribution in [0.1, 0.15) is 0 Å². The van der Waals surface area contributed by atoms with Crippen molar-refractivity contribution in [3.05, 3.63) is 164 Å². The number of hydrogen-bond acceptors (Lipinski definition) is 1. The second kappa shape index (κ2) is 13.2. The van der Waals surface area contributed by atoms with E-state index in [9.17, 15) is 0 Å². The smallest absolute Gasteiger partial charge is 0.143 e. The van der Waals surface area contributed by atoms with Gasteiger partial charge in [0.15, 0.2) is 0 Å². The van der Waals surface area contributed by atoms with Gasteiger partial charge in [-0.2, -0.15) is 0 Å². The van der Waals surface area contributed by atoms with Crippen molar-refractivity contribution in [2.75, 3.05) is 0 Å². The largest absolute Gasteiger partial charge is 0.455 e. The molecule has 0 saturated heterocycles. The number of benzene rings is 10. The molecule has 0 amide bonds. The summed E-state index contributed by atoms with van der Waals surface area (Å²) in [5.41, 5.74) is 10.7. The van der Waals surface area contributed by atoms with Gasteiger partial charge in [0.25, 0.3) is 0 Å². The first kappa shape index (κ1) is 34.6. The zero-order valence-electron chi connectivity index (χ0n) is 31.4. The fourth-order valence-electron chi connectivity index (χ4n) is 9.14. The van der Waals surface area contributed by atoms with Gasteiger partial charge in [0.2, 0.25) is 0 Å². The lowest BCUT2D eigenvalue weighted by Crippen LogP contribution is -2.55. The van der Waals surface area contributed by atoms with Crippen molar-refractivity contribution in [1.82, 2.24) is 0 Å². The van der Waals surface area contributed by atoms with Gasteiger partial charge in [-0.05, 0) is 106 Å². The summed E-state index contributed by atoms with van der Waals surface area (Å²) in [6, 6.07) is 58.5. The molecule has 0 fully saturated rings. The summed E-state index contributed by atoms with van der Waals surface area (Å²) in [5, 5.41) is 11.6. The van der Waals surface area contributed by atoms with Crippen molar-refractivity contribution in [2.24, 2.45) is 0 Å². The van der Waals surface area contributed by atoms with Crippen LogP contribution in [-0.4, -0.2) is 39.2 Å². The Labute approximate surface area is 342 Å². The molecule has 10 radical (unpaired) electrons. The third kappa shape index (κ3) is 5.11. The topological polar surface area (TPSA) is 13.1 Å². The average Bonchev–Trinajstić information content (AvgIpc) is 3.65. The highest BCUT2D eigenvalue weighted by molar-refractivity contribution is 6.68. The molecule has 0 aliphatic rings. The molecule has 0 unspecified atom stereocenters. The summed E-state index contributed by atoms with van der Waals surface area (Å²) in [7, 11) is 31.7. The van der Waals surface area contributed by atoms with E-state index in [0.717, 1.165) is 27.5 Å². The van der Waals surface area contributed by atoms with E-state index in [1.54, 1.807) is 0 Å². The van der Waals surface area contributed by atoms with E-state index in [2.05, 4.69) is 146 Å². The standard InChI is InChI=1S/C52H27B5O/c53-47-46(48(54)50(56)51(57)49(47)55)40-20-10-19-39-34-24-22-30(27-43(34)58-52(39)40)29-21-23-33-41(25-29)32-14-5-4-13-31(32)26-42(33)45-37-17-8-6-15-35(37)44(28-11-2-1-3-12-28)36-16-7-9-18-38(36)45/h1-27H. The van der Waals surface area contributed by atoms with Crippen molar-refractivity contribution in [3.63, 3.8) is 0 Å². The molecule has 0 aliphatic heterocycles. The zero-order valence-corrected chi connectivity index (χ0v) is 31.4. The van der Waals surface area contributed by atoms with Crippen LogP contribution in [0, 0.1) is 0 Å². The molecular weight excluding hydrogens is 695 g/mol. The van der Waals surface area contributed by atoms with Crippen molar-refractivity contribution in [2.45, 2.75) is 0 Å². The van der Waals surface area contributed by atoms with Crippen molar-refractivity contribution in [3.8, 4) is 44.5 Å². The summed E-state index contributed by atoms with van der Waals surface area (Å²) >= 11 is 0. The molecule has 1 aromatic heterocycles. The molecule has 1 heterocycles. The van der Waals surface area contributed by atoms with E-state index in [1.165, 1.54) is 65.3 Å². The van der Waals surface area contributed by atoms with Gasteiger partial charge in [0.1, 0.15) is 50.4 Å². The highest BCUT2D eigenvalue weighted by Crippen LogP contribution is 2.47. The Morgan fingerprint density at radius 2 is 0.828 bits per heavy atom. The zero-order chi connectivity index (χ0) is 39.2. The number of fused-ring (bicyclic) bond motifs is 8. The molecule has 0 aliphatic carbocycles. The number of para-hydroxylation sites is 1.